The molecular weight excluding hydrogens is 306 g/mol. The van der Waals surface area contributed by atoms with E-state index >= 15 is 0 Å². The quantitative estimate of drug-likeness (QED) is 0.712. The Morgan fingerprint density at radius 3 is 2.57 bits per heavy atom. The smallest absolute Gasteiger partial charge is 0.264 e. The van der Waals surface area contributed by atoms with Crippen molar-refractivity contribution in [2.75, 3.05) is 26.3 Å². The minimum atomic E-state index is 0.116. The summed E-state index contributed by atoms with van der Waals surface area (Å²) in [6, 6.07) is 18.7. The normalized spacial score (nSPS) is 15.0. The molecule has 2 heterocycles. The van der Waals surface area contributed by atoms with E-state index in [-0.39, 0.29) is 5.91 Å². The Labute approximate surface area is 139 Å². The Morgan fingerprint density at radius 2 is 1.74 bits per heavy atom. The van der Waals surface area contributed by atoms with Crippen LogP contribution in [0.15, 0.2) is 54.6 Å². The van der Waals surface area contributed by atoms with Crippen molar-refractivity contribution >= 4 is 28.0 Å². The number of carbonyl (C=O) groups is 1. The number of thiophene rings is 1. The lowest BCUT2D eigenvalue weighted by molar-refractivity contribution is 0.0306. The number of ether oxygens (including phenoxy) is 1. The van der Waals surface area contributed by atoms with Crippen LogP contribution in [-0.2, 0) is 4.74 Å². The van der Waals surface area contributed by atoms with Crippen LogP contribution in [0.2, 0.25) is 0 Å². The average Bonchev–Trinajstić information content (AvgIpc) is 3.11. The standard InChI is InChI=1S/C19H17NO2S/c21-19(20-9-11-22-12-10-20)18-8-7-17(23-18)16-6-5-14-3-1-2-4-15(14)13-16/h1-8,13H,9-12H2. The molecule has 0 N–H and O–H groups in total. The number of hydrogen-bond acceptors (Lipinski definition) is 3. The van der Waals surface area contributed by atoms with Crippen molar-refractivity contribution in [2.24, 2.45) is 0 Å². The summed E-state index contributed by atoms with van der Waals surface area (Å²) in [5.74, 6) is 0.116. The molecule has 1 amide bonds. The van der Waals surface area contributed by atoms with Gasteiger partial charge < -0.3 is 9.64 Å². The Kier molecular flexibility index (Phi) is 3.85. The Hall–Kier alpha value is -2.17. The summed E-state index contributed by atoms with van der Waals surface area (Å²) < 4.78 is 5.31. The number of benzene rings is 2. The lowest BCUT2D eigenvalue weighted by atomic mass is 10.1. The molecule has 0 aliphatic carbocycles. The van der Waals surface area contributed by atoms with Crippen molar-refractivity contribution in [3.05, 3.63) is 59.5 Å². The highest BCUT2D eigenvalue weighted by atomic mass is 32.1. The first kappa shape index (κ1) is 14.4. The monoisotopic (exact) mass is 323 g/mol. The highest BCUT2D eigenvalue weighted by Gasteiger charge is 2.20. The van der Waals surface area contributed by atoms with Gasteiger partial charge in [0.1, 0.15) is 0 Å². The van der Waals surface area contributed by atoms with Crippen molar-refractivity contribution in [3.63, 3.8) is 0 Å². The minimum Gasteiger partial charge on any atom is -0.378 e. The topological polar surface area (TPSA) is 29.5 Å². The van der Waals surface area contributed by atoms with Gasteiger partial charge in [-0.25, -0.2) is 0 Å². The summed E-state index contributed by atoms with van der Waals surface area (Å²) in [5.41, 5.74) is 1.16. The van der Waals surface area contributed by atoms with Crippen LogP contribution in [0.1, 0.15) is 9.67 Å². The molecule has 116 valence electrons. The van der Waals surface area contributed by atoms with E-state index in [4.69, 9.17) is 4.74 Å². The molecule has 0 bridgehead atoms. The molecule has 4 heteroatoms. The summed E-state index contributed by atoms with van der Waals surface area (Å²) in [7, 11) is 0. The van der Waals surface area contributed by atoms with Crippen LogP contribution >= 0.6 is 11.3 Å². The number of morpholine rings is 1. The molecule has 2 aromatic carbocycles. The van der Waals surface area contributed by atoms with Gasteiger partial charge in [0.2, 0.25) is 0 Å². The van der Waals surface area contributed by atoms with E-state index in [1.165, 1.54) is 10.8 Å². The van der Waals surface area contributed by atoms with Crippen LogP contribution in [0.25, 0.3) is 21.2 Å². The van der Waals surface area contributed by atoms with E-state index in [9.17, 15) is 4.79 Å². The summed E-state index contributed by atoms with van der Waals surface area (Å²) in [6.45, 7) is 2.63. The molecule has 23 heavy (non-hydrogen) atoms. The number of rotatable bonds is 2. The predicted octanol–water partition coefficient (Wildman–Crippen LogP) is 4.04. The highest BCUT2D eigenvalue weighted by molar-refractivity contribution is 7.17. The van der Waals surface area contributed by atoms with Gasteiger partial charge in [-0.3, -0.25) is 4.79 Å². The zero-order valence-electron chi connectivity index (χ0n) is 12.7. The predicted molar refractivity (Wildman–Crippen MR) is 94.0 cm³/mol. The second-order valence-electron chi connectivity index (χ2n) is 5.63. The Morgan fingerprint density at radius 1 is 0.957 bits per heavy atom. The van der Waals surface area contributed by atoms with Gasteiger partial charge >= 0.3 is 0 Å². The van der Waals surface area contributed by atoms with E-state index in [2.05, 4.69) is 30.3 Å². The molecule has 0 atom stereocenters. The Bertz CT molecular complexity index is 849. The number of carbonyl (C=O) groups excluding carboxylic acids is 1. The zero-order chi connectivity index (χ0) is 15.6. The molecule has 3 nitrogen and oxygen atoms in total. The van der Waals surface area contributed by atoms with Crippen LogP contribution in [0, 0.1) is 0 Å². The molecule has 0 radical (unpaired) electrons. The molecule has 1 aromatic heterocycles. The molecule has 3 aromatic rings. The third kappa shape index (κ3) is 2.87. The maximum absolute atomic E-state index is 12.5. The maximum Gasteiger partial charge on any atom is 0.264 e. The molecule has 1 aliphatic rings. The van der Waals surface area contributed by atoms with Crippen molar-refractivity contribution in [2.45, 2.75) is 0 Å². The second-order valence-corrected chi connectivity index (χ2v) is 6.71. The fourth-order valence-corrected chi connectivity index (χ4v) is 3.84. The van der Waals surface area contributed by atoms with E-state index < -0.39 is 0 Å². The first-order chi connectivity index (χ1) is 11.3. The summed E-state index contributed by atoms with van der Waals surface area (Å²) in [5, 5.41) is 2.46. The summed E-state index contributed by atoms with van der Waals surface area (Å²) in [6.07, 6.45) is 0. The number of amides is 1. The average molecular weight is 323 g/mol. The van der Waals surface area contributed by atoms with E-state index in [0.29, 0.717) is 26.3 Å². The van der Waals surface area contributed by atoms with Crippen LogP contribution in [0.3, 0.4) is 0 Å². The molecule has 1 saturated heterocycles. The number of hydrogen-bond donors (Lipinski definition) is 0. The Balaban J connectivity index is 1.62. The first-order valence-corrected chi connectivity index (χ1v) is 8.59. The van der Waals surface area contributed by atoms with E-state index in [1.54, 1.807) is 11.3 Å². The van der Waals surface area contributed by atoms with Gasteiger partial charge in [-0.05, 0) is 34.5 Å². The SMILES string of the molecule is O=C(c1ccc(-c2ccc3ccccc3c2)s1)N1CCOCC1. The fourth-order valence-electron chi connectivity index (χ4n) is 2.87. The lowest BCUT2D eigenvalue weighted by Gasteiger charge is -2.26. The molecule has 0 saturated carbocycles. The number of fused-ring (bicyclic) bond motifs is 1. The molecule has 1 aliphatic heterocycles. The number of nitrogens with zero attached hydrogens (tertiary/aromatic N) is 1. The van der Waals surface area contributed by atoms with Crippen molar-refractivity contribution < 1.29 is 9.53 Å². The van der Waals surface area contributed by atoms with Crippen LogP contribution in [-0.4, -0.2) is 37.1 Å². The zero-order valence-corrected chi connectivity index (χ0v) is 13.5. The van der Waals surface area contributed by atoms with Crippen molar-refractivity contribution in [1.29, 1.82) is 0 Å². The first-order valence-electron chi connectivity index (χ1n) is 7.77. The summed E-state index contributed by atoms with van der Waals surface area (Å²) >= 11 is 1.56. The van der Waals surface area contributed by atoms with Gasteiger partial charge in [-0.15, -0.1) is 11.3 Å². The summed E-state index contributed by atoms with van der Waals surface area (Å²) in [4.78, 5) is 16.3. The fraction of sp³-hybridized carbons (Fsp3) is 0.211. The van der Waals surface area contributed by atoms with Crippen molar-refractivity contribution in [1.82, 2.24) is 4.90 Å². The van der Waals surface area contributed by atoms with Crippen LogP contribution in [0.4, 0.5) is 0 Å². The van der Waals surface area contributed by atoms with E-state index in [0.717, 1.165) is 15.3 Å². The van der Waals surface area contributed by atoms with Gasteiger partial charge in [0.15, 0.2) is 0 Å². The largest absolute Gasteiger partial charge is 0.378 e. The van der Waals surface area contributed by atoms with Gasteiger partial charge in [0.05, 0.1) is 18.1 Å². The van der Waals surface area contributed by atoms with Gasteiger partial charge in [0, 0.05) is 18.0 Å². The van der Waals surface area contributed by atoms with Crippen molar-refractivity contribution in [3.8, 4) is 10.4 Å². The highest BCUT2D eigenvalue weighted by Crippen LogP contribution is 2.31. The van der Waals surface area contributed by atoms with Crippen LogP contribution in [0.5, 0.6) is 0 Å². The second kappa shape index (κ2) is 6.14. The molecule has 1 fully saturated rings. The van der Waals surface area contributed by atoms with Crippen LogP contribution < -0.4 is 0 Å². The van der Waals surface area contributed by atoms with Gasteiger partial charge in [0.25, 0.3) is 5.91 Å². The van der Waals surface area contributed by atoms with Gasteiger partial charge in [-0.2, -0.15) is 0 Å². The maximum atomic E-state index is 12.5. The third-order valence-corrected chi connectivity index (χ3v) is 5.27. The molecule has 0 spiro atoms. The minimum absolute atomic E-state index is 0.116. The molecule has 0 unspecified atom stereocenters. The third-order valence-electron chi connectivity index (χ3n) is 4.15. The lowest BCUT2D eigenvalue weighted by Crippen LogP contribution is -2.40. The van der Waals surface area contributed by atoms with E-state index in [1.807, 2.05) is 29.2 Å². The van der Waals surface area contributed by atoms with Gasteiger partial charge in [-0.1, -0.05) is 36.4 Å². The molecular formula is C19H17NO2S. The molecule has 4 rings (SSSR count).